The van der Waals surface area contributed by atoms with Crippen molar-refractivity contribution in [1.82, 2.24) is 19.9 Å². The molecule has 1 aliphatic carbocycles. The Kier molecular flexibility index (Phi) is 9.66. The van der Waals surface area contributed by atoms with Crippen LogP contribution in [0.3, 0.4) is 0 Å². The minimum absolute atomic E-state index is 0.0120. The van der Waals surface area contributed by atoms with Gasteiger partial charge < -0.3 is 15.4 Å². The van der Waals surface area contributed by atoms with Crippen molar-refractivity contribution >= 4 is 54.9 Å². The van der Waals surface area contributed by atoms with E-state index in [0.717, 1.165) is 63.4 Å². The fourth-order valence-corrected chi connectivity index (χ4v) is 9.02. The van der Waals surface area contributed by atoms with Gasteiger partial charge in [0, 0.05) is 29.3 Å². The van der Waals surface area contributed by atoms with Crippen LogP contribution in [-0.2, 0) is 9.84 Å². The summed E-state index contributed by atoms with van der Waals surface area (Å²) in [5, 5.41) is 7.82. The molecule has 0 spiro atoms. The number of hydrogen-bond donors (Lipinski definition) is 2. The Hall–Kier alpha value is -3.03. The summed E-state index contributed by atoms with van der Waals surface area (Å²) in [5.41, 5.74) is 3.37. The molecule has 13 heteroatoms. The van der Waals surface area contributed by atoms with Crippen LogP contribution in [0.25, 0.3) is 20.8 Å². The maximum atomic E-state index is 14.3. The number of rotatable bonds is 11. The molecule has 2 N–H and O–H groups in total. The number of aromatic nitrogens is 4. The van der Waals surface area contributed by atoms with Gasteiger partial charge in [0.25, 0.3) is 0 Å². The van der Waals surface area contributed by atoms with Gasteiger partial charge in [0.05, 0.1) is 39.4 Å². The zero-order valence-corrected chi connectivity index (χ0v) is 28.3. The lowest BCUT2D eigenvalue weighted by Crippen LogP contribution is -2.21. The lowest BCUT2D eigenvalue weighted by Gasteiger charge is -2.19. The number of fused-ring (bicyclic) bond motifs is 1. The van der Waals surface area contributed by atoms with Crippen molar-refractivity contribution in [2.45, 2.75) is 69.6 Å². The zero-order chi connectivity index (χ0) is 31.6. The van der Waals surface area contributed by atoms with Crippen molar-refractivity contribution < 1.29 is 17.5 Å². The summed E-state index contributed by atoms with van der Waals surface area (Å²) in [4.78, 5) is 19.0. The van der Waals surface area contributed by atoms with Crippen molar-refractivity contribution in [3.63, 3.8) is 0 Å². The minimum atomic E-state index is -3.67. The summed E-state index contributed by atoms with van der Waals surface area (Å²) in [6.07, 6.45) is 3.95. The van der Waals surface area contributed by atoms with Crippen molar-refractivity contribution in [3.8, 4) is 16.3 Å². The van der Waals surface area contributed by atoms with E-state index in [4.69, 9.17) is 19.7 Å². The normalized spacial score (nSPS) is 17.2. The number of pyridine rings is 1. The quantitative estimate of drug-likeness (QED) is 0.165. The second-order valence-electron chi connectivity index (χ2n) is 12.1. The first kappa shape index (κ1) is 32.4. The Bertz CT molecular complexity index is 1760. The van der Waals surface area contributed by atoms with Gasteiger partial charge >= 0.3 is 0 Å². The van der Waals surface area contributed by atoms with Crippen molar-refractivity contribution in [2.75, 3.05) is 35.8 Å². The number of ether oxygens (including phenoxy) is 1. The lowest BCUT2D eigenvalue weighted by atomic mass is 10.1. The standard InChI is InChI=1S/C31H39FN6O3S3/c1-18-26(29-37-27-19(2)33-12-11-25(27)43-29)28(38-30(35-18)34-13-14-42-31(3,4)5)36-21-8-7-20(15-21)17-44(39,40)22-9-10-24(41-6)23(32)16-22/h9-12,16,20-21H,7-8,13-15,17H2,1-6H3,(H2,34,35,36,38). The number of aryl methyl sites for hydroxylation is 2. The van der Waals surface area contributed by atoms with Gasteiger partial charge in [0.1, 0.15) is 16.3 Å². The molecule has 4 aromatic rings. The van der Waals surface area contributed by atoms with Crippen LogP contribution in [0.5, 0.6) is 5.75 Å². The minimum Gasteiger partial charge on any atom is -0.494 e. The molecule has 1 fully saturated rings. The van der Waals surface area contributed by atoms with Crippen LogP contribution in [0, 0.1) is 25.6 Å². The van der Waals surface area contributed by atoms with Gasteiger partial charge in [-0.25, -0.2) is 22.8 Å². The second kappa shape index (κ2) is 13.1. The summed E-state index contributed by atoms with van der Waals surface area (Å²) in [6, 6.07) is 5.78. The Morgan fingerprint density at radius 1 is 1.11 bits per heavy atom. The summed E-state index contributed by atoms with van der Waals surface area (Å²) >= 11 is 3.45. The molecule has 9 nitrogen and oxygen atoms in total. The molecule has 3 heterocycles. The van der Waals surface area contributed by atoms with Crippen LogP contribution < -0.4 is 15.4 Å². The highest BCUT2D eigenvalue weighted by Gasteiger charge is 2.31. The zero-order valence-electron chi connectivity index (χ0n) is 25.9. The maximum absolute atomic E-state index is 14.3. The molecule has 0 saturated heterocycles. The first-order chi connectivity index (χ1) is 20.8. The Morgan fingerprint density at radius 3 is 2.61 bits per heavy atom. The molecule has 1 aromatic carbocycles. The number of thiazole rings is 1. The predicted octanol–water partition coefficient (Wildman–Crippen LogP) is 6.91. The third-order valence-corrected chi connectivity index (χ3v) is 11.7. The van der Waals surface area contributed by atoms with Crippen molar-refractivity contribution in [1.29, 1.82) is 0 Å². The first-order valence-corrected chi connectivity index (χ1v) is 18.1. The number of benzene rings is 1. The topological polar surface area (TPSA) is 119 Å². The van der Waals surface area contributed by atoms with Crippen LogP contribution in [0.4, 0.5) is 16.2 Å². The molecule has 0 radical (unpaired) electrons. The van der Waals surface area contributed by atoms with Crippen LogP contribution in [-0.4, -0.2) is 64.3 Å². The molecule has 0 bridgehead atoms. The highest BCUT2D eigenvalue weighted by Crippen LogP contribution is 2.39. The number of nitrogens with zero attached hydrogens (tertiary/aromatic N) is 4. The number of sulfone groups is 1. The molecule has 3 aromatic heterocycles. The Balaban J connectivity index is 1.37. The summed E-state index contributed by atoms with van der Waals surface area (Å²) in [6.45, 7) is 11.2. The van der Waals surface area contributed by atoms with Gasteiger partial charge in [-0.15, -0.1) is 11.3 Å². The number of nitrogens with one attached hydrogen (secondary N) is 2. The number of methoxy groups -OCH3 is 1. The molecular formula is C31H39FN6O3S3. The van der Waals surface area contributed by atoms with Crippen LogP contribution in [0.2, 0.25) is 0 Å². The number of halogens is 1. The van der Waals surface area contributed by atoms with E-state index in [0.29, 0.717) is 18.2 Å². The molecule has 5 rings (SSSR count). The predicted molar refractivity (Wildman–Crippen MR) is 178 cm³/mol. The monoisotopic (exact) mass is 658 g/mol. The lowest BCUT2D eigenvalue weighted by molar-refractivity contribution is 0.385. The average molecular weight is 659 g/mol. The van der Waals surface area contributed by atoms with E-state index in [1.165, 1.54) is 19.2 Å². The smallest absolute Gasteiger partial charge is 0.224 e. The van der Waals surface area contributed by atoms with Crippen molar-refractivity contribution in [3.05, 3.63) is 47.7 Å². The largest absolute Gasteiger partial charge is 0.494 e. The summed E-state index contributed by atoms with van der Waals surface area (Å²) < 4.78 is 46.7. The molecular weight excluding hydrogens is 620 g/mol. The average Bonchev–Trinajstić information content (AvgIpc) is 3.57. The molecule has 236 valence electrons. The van der Waals surface area contributed by atoms with Gasteiger partial charge in [0.15, 0.2) is 21.4 Å². The number of thioether (sulfide) groups is 1. The third kappa shape index (κ3) is 7.60. The number of anilines is 2. The summed E-state index contributed by atoms with van der Waals surface area (Å²) in [7, 11) is -2.32. The van der Waals surface area contributed by atoms with Crippen LogP contribution in [0.1, 0.15) is 51.4 Å². The number of hydrogen-bond acceptors (Lipinski definition) is 11. The van der Waals surface area contributed by atoms with Gasteiger partial charge in [-0.05, 0) is 63.3 Å². The van der Waals surface area contributed by atoms with Gasteiger partial charge in [0.2, 0.25) is 5.95 Å². The fourth-order valence-electron chi connectivity index (χ4n) is 5.42. The van der Waals surface area contributed by atoms with E-state index in [9.17, 15) is 12.8 Å². The molecule has 1 aliphatic rings. The maximum Gasteiger partial charge on any atom is 0.224 e. The SMILES string of the molecule is COc1ccc(S(=O)(=O)CC2CCC(Nc3nc(NCCSC(C)(C)C)nc(C)c3-c3nc4c(C)nccc4s3)C2)cc1F. The van der Waals surface area contributed by atoms with Gasteiger partial charge in [-0.3, -0.25) is 4.98 Å². The molecule has 44 heavy (non-hydrogen) atoms. The molecule has 0 aliphatic heterocycles. The fraction of sp³-hybridized carbons (Fsp3) is 0.484. The van der Waals surface area contributed by atoms with Gasteiger partial charge in [-0.1, -0.05) is 20.8 Å². The Labute approximate surface area is 266 Å². The third-order valence-electron chi connectivity index (χ3n) is 7.53. The van der Waals surface area contributed by atoms with E-state index >= 15 is 0 Å². The van der Waals surface area contributed by atoms with E-state index < -0.39 is 15.7 Å². The second-order valence-corrected chi connectivity index (χ2v) is 17.1. The van der Waals surface area contributed by atoms with Crippen molar-refractivity contribution in [2.24, 2.45) is 5.92 Å². The van der Waals surface area contributed by atoms with E-state index in [1.807, 2.05) is 31.7 Å². The van der Waals surface area contributed by atoms with Crippen LogP contribution >= 0.6 is 23.1 Å². The van der Waals surface area contributed by atoms with E-state index in [2.05, 4.69) is 36.4 Å². The Morgan fingerprint density at radius 2 is 1.91 bits per heavy atom. The van der Waals surface area contributed by atoms with Gasteiger partial charge in [-0.2, -0.15) is 16.7 Å². The molecule has 2 atom stereocenters. The molecule has 2 unspecified atom stereocenters. The van der Waals surface area contributed by atoms with E-state index in [-0.39, 0.29) is 33.1 Å². The van der Waals surface area contributed by atoms with E-state index in [1.54, 1.807) is 17.5 Å². The van der Waals surface area contributed by atoms with Crippen LogP contribution in [0.15, 0.2) is 35.4 Å². The highest BCUT2D eigenvalue weighted by molar-refractivity contribution is 8.00. The molecule has 0 amide bonds. The molecule has 1 saturated carbocycles. The highest BCUT2D eigenvalue weighted by atomic mass is 32.2. The first-order valence-electron chi connectivity index (χ1n) is 14.6. The summed E-state index contributed by atoms with van der Waals surface area (Å²) in [5.74, 6) is 1.35.